The lowest BCUT2D eigenvalue weighted by Gasteiger charge is -2.33. The topological polar surface area (TPSA) is 85.9 Å². The molecule has 2 bridgehead atoms. The molecule has 1 saturated heterocycles. The molecule has 8 nitrogen and oxygen atoms in total. The first-order chi connectivity index (χ1) is 14.7. The van der Waals surface area contributed by atoms with Gasteiger partial charge >= 0.3 is 5.69 Å². The molecule has 5 rings (SSSR count). The normalized spacial score (nSPS) is 21.0. The van der Waals surface area contributed by atoms with Crippen molar-refractivity contribution in [2.45, 2.75) is 58.7 Å². The van der Waals surface area contributed by atoms with Crippen LogP contribution in [-0.4, -0.2) is 46.6 Å². The maximum Gasteiger partial charge on any atom is 0.330 e. The lowest BCUT2D eigenvalue weighted by Crippen LogP contribution is -2.43. The summed E-state index contributed by atoms with van der Waals surface area (Å²) in [6.45, 7) is 7.01. The number of aromatic nitrogens is 5. The van der Waals surface area contributed by atoms with Gasteiger partial charge in [-0.2, -0.15) is 0 Å². The van der Waals surface area contributed by atoms with Gasteiger partial charge in [0.25, 0.3) is 5.91 Å². The summed E-state index contributed by atoms with van der Waals surface area (Å²) in [5.74, 6) is -0.0402. The fourth-order valence-corrected chi connectivity index (χ4v) is 5.24. The van der Waals surface area contributed by atoms with Crippen LogP contribution in [0.1, 0.15) is 56.2 Å². The Kier molecular flexibility index (Phi) is 4.62. The molecule has 31 heavy (non-hydrogen) atoms. The number of rotatable bonds is 3. The minimum atomic E-state index is -0.0408. The standard InChI is InChI=1S/C22H26N6O2S/c1-22(2,3)12-27-18-8-7-16(23-19(18)26(4)21(27)30)13-9-14-5-6-15(10-13)28(14)20(29)17-11-31-25-24-17/h7-9,11,14-15H,5-6,10,12H2,1-4H3. The molecule has 1 amide bonds. The fourth-order valence-electron chi connectivity index (χ4n) is 4.81. The third-order valence-corrected chi connectivity index (χ3v) is 6.66. The number of hydrogen-bond acceptors (Lipinski definition) is 6. The van der Waals surface area contributed by atoms with Gasteiger partial charge in [-0.25, -0.2) is 9.78 Å². The third-order valence-electron chi connectivity index (χ3n) is 6.15. The summed E-state index contributed by atoms with van der Waals surface area (Å²) in [7, 11) is 1.78. The molecular formula is C22H26N6O2S. The molecule has 0 aromatic carbocycles. The largest absolute Gasteiger partial charge is 0.330 e. The molecule has 2 aliphatic heterocycles. The van der Waals surface area contributed by atoms with Gasteiger partial charge in [0.15, 0.2) is 11.3 Å². The molecule has 2 atom stereocenters. The monoisotopic (exact) mass is 438 g/mol. The van der Waals surface area contributed by atoms with E-state index in [9.17, 15) is 9.59 Å². The zero-order valence-electron chi connectivity index (χ0n) is 18.2. The van der Waals surface area contributed by atoms with E-state index in [0.717, 1.165) is 36.0 Å². The maximum atomic E-state index is 12.9. The van der Waals surface area contributed by atoms with Crippen molar-refractivity contribution in [3.8, 4) is 0 Å². The van der Waals surface area contributed by atoms with Crippen LogP contribution in [0.5, 0.6) is 0 Å². The number of carbonyl (C=O) groups excluding carboxylic acids is 1. The average Bonchev–Trinajstić information content (AvgIpc) is 3.41. The molecule has 1 fully saturated rings. The number of amides is 1. The van der Waals surface area contributed by atoms with Crippen molar-refractivity contribution in [3.63, 3.8) is 0 Å². The number of pyridine rings is 1. The second-order valence-corrected chi connectivity index (χ2v) is 10.3. The smallest absolute Gasteiger partial charge is 0.327 e. The summed E-state index contributed by atoms with van der Waals surface area (Å²) in [4.78, 5) is 32.5. The van der Waals surface area contributed by atoms with E-state index in [0.29, 0.717) is 17.9 Å². The number of aryl methyl sites for hydroxylation is 1. The second kappa shape index (κ2) is 7.12. The number of fused-ring (bicyclic) bond motifs is 3. The Morgan fingerprint density at radius 1 is 1.26 bits per heavy atom. The van der Waals surface area contributed by atoms with Gasteiger partial charge in [-0.1, -0.05) is 31.3 Å². The third kappa shape index (κ3) is 3.40. The highest BCUT2D eigenvalue weighted by molar-refractivity contribution is 7.03. The van der Waals surface area contributed by atoms with Gasteiger partial charge in [0.2, 0.25) is 0 Å². The zero-order valence-corrected chi connectivity index (χ0v) is 19.0. The van der Waals surface area contributed by atoms with E-state index in [4.69, 9.17) is 4.98 Å². The van der Waals surface area contributed by atoms with Crippen LogP contribution < -0.4 is 5.69 Å². The van der Waals surface area contributed by atoms with Gasteiger partial charge < -0.3 is 4.90 Å². The van der Waals surface area contributed by atoms with Crippen LogP contribution in [0.3, 0.4) is 0 Å². The minimum Gasteiger partial charge on any atom is -0.327 e. The van der Waals surface area contributed by atoms with Gasteiger partial charge in [-0.3, -0.25) is 13.9 Å². The first-order valence-corrected chi connectivity index (χ1v) is 11.4. The van der Waals surface area contributed by atoms with Crippen molar-refractivity contribution in [1.29, 1.82) is 0 Å². The lowest BCUT2D eigenvalue weighted by atomic mass is 9.96. The van der Waals surface area contributed by atoms with E-state index in [1.165, 1.54) is 11.5 Å². The van der Waals surface area contributed by atoms with E-state index in [1.54, 1.807) is 17.0 Å². The Labute approximate surface area is 184 Å². The Morgan fingerprint density at radius 3 is 2.74 bits per heavy atom. The van der Waals surface area contributed by atoms with Crippen LogP contribution in [0.15, 0.2) is 28.4 Å². The zero-order chi connectivity index (χ0) is 21.9. The summed E-state index contributed by atoms with van der Waals surface area (Å²) in [6, 6.07) is 4.21. The SMILES string of the molecule is Cn1c(=O)n(CC(C)(C)C)c2ccc(C3=CC4CCC(C3)N4C(=O)c3csnn3)nc21. The summed E-state index contributed by atoms with van der Waals surface area (Å²) in [5, 5.41) is 5.66. The van der Waals surface area contributed by atoms with Crippen molar-refractivity contribution in [3.05, 3.63) is 45.5 Å². The molecule has 0 aliphatic carbocycles. The molecule has 3 aromatic heterocycles. The molecule has 9 heteroatoms. The summed E-state index contributed by atoms with van der Waals surface area (Å²) in [5.41, 5.74) is 3.96. The van der Waals surface area contributed by atoms with E-state index in [2.05, 4.69) is 36.4 Å². The lowest BCUT2D eigenvalue weighted by molar-refractivity contribution is 0.0686. The quantitative estimate of drug-likeness (QED) is 0.627. The van der Waals surface area contributed by atoms with E-state index in [-0.39, 0.29) is 29.1 Å². The predicted molar refractivity (Wildman–Crippen MR) is 120 cm³/mol. The summed E-state index contributed by atoms with van der Waals surface area (Å²) in [6.07, 6.45) is 4.84. The van der Waals surface area contributed by atoms with Crippen LogP contribution in [0.25, 0.3) is 16.7 Å². The average molecular weight is 439 g/mol. The van der Waals surface area contributed by atoms with Crippen LogP contribution in [0, 0.1) is 5.41 Å². The first-order valence-electron chi connectivity index (χ1n) is 10.6. The van der Waals surface area contributed by atoms with Gasteiger partial charge in [-0.05, 0) is 53.9 Å². The van der Waals surface area contributed by atoms with E-state index < -0.39 is 0 Å². The van der Waals surface area contributed by atoms with Crippen LogP contribution in [0.2, 0.25) is 0 Å². The molecule has 0 radical (unpaired) electrons. The molecule has 0 saturated carbocycles. The Balaban J connectivity index is 1.49. The van der Waals surface area contributed by atoms with Crippen LogP contribution in [-0.2, 0) is 13.6 Å². The Hall–Kier alpha value is -2.81. The number of imidazole rings is 1. The van der Waals surface area contributed by atoms with Crippen LogP contribution >= 0.6 is 11.5 Å². The predicted octanol–water partition coefficient (Wildman–Crippen LogP) is 3.09. The van der Waals surface area contributed by atoms with Gasteiger partial charge in [-0.15, -0.1) is 5.10 Å². The number of carbonyl (C=O) groups is 1. The highest BCUT2D eigenvalue weighted by Crippen LogP contribution is 2.39. The number of nitrogens with zero attached hydrogens (tertiary/aromatic N) is 6. The summed E-state index contributed by atoms with van der Waals surface area (Å²) >= 11 is 1.20. The van der Waals surface area contributed by atoms with Crippen molar-refractivity contribution in [2.75, 3.05) is 0 Å². The Bertz CT molecular complexity index is 1250. The molecule has 2 unspecified atom stereocenters. The molecule has 5 heterocycles. The van der Waals surface area contributed by atoms with E-state index >= 15 is 0 Å². The van der Waals surface area contributed by atoms with Crippen molar-refractivity contribution >= 4 is 34.2 Å². The second-order valence-electron chi connectivity index (χ2n) is 9.72. The molecule has 0 spiro atoms. The van der Waals surface area contributed by atoms with E-state index in [1.807, 2.05) is 21.6 Å². The molecule has 3 aromatic rings. The van der Waals surface area contributed by atoms with Crippen molar-refractivity contribution < 1.29 is 4.79 Å². The maximum absolute atomic E-state index is 12.9. The van der Waals surface area contributed by atoms with Crippen molar-refractivity contribution in [1.82, 2.24) is 28.6 Å². The molecule has 2 aliphatic rings. The molecule has 162 valence electrons. The summed E-state index contributed by atoms with van der Waals surface area (Å²) < 4.78 is 7.27. The number of hydrogen-bond donors (Lipinski definition) is 0. The van der Waals surface area contributed by atoms with Crippen molar-refractivity contribution in [2.24, 2.45) is 12.5 Å². The highest BCUT2D eigenvalue weighted by Gasteiger charge is 2.41. The Morgan fingerprint density at radius 2 is 2.06 bits per heavy atom. The van der Waals surface area contributed by atoms with Gasteiger partial charge in [0.05, 0.1) is 17.3 Å². The first kappa shape index (κ1) is 20.1. The van der Waals surface area contributed by atoms with Gasteiger partial charge in [0.1, 0.15) is 0 Å². The minimum absolute atomic E-state index is 0.00923. The highest BCUT2D eigenvalue weighted by atomic mass is 32.1. The van der Waals surface area contributed by atoms with Crippen LogP contribution in [0.4, 0.5) is 0 Å². The van der Waals surface area contributed by atoms with Gasteiger partial charge in [0, 0.05) is 25.0 Å². The molecule has 0 N–H and O–H groups in total. The fraction of sp³-hybridized carbons (Fsp3) is 0.500. The molecular weight excluding hydrogens is 412 g/mol.